The van der Waals surface area contributed by atoms with E-state index in [0.29, 0.717) is 37.3 Å². The van der Waals surface area contributed by atoms with E-state index in [4.69, 9.17) is 0 Å². The standard InChI is InChI=1S/C36H45F3N4O4/c1-20(2)13-30(43-17-25(24(6)40-35(43)47)11-12-42-18-36(7,39)19-42)34(46)41-29(16-31(44)45)27-14-26(15-28(23(27)5)33(37)38)32-21(3)9-8-10-22(32)4/h8-10,14-15,17,20,29-30,33H,11-13,16,18-19H2,1-7H3,(H,41,46)(H,44,45). The number of nitrogens with zero attached hydrogens (tertiary/aromatic N) is 3. The molecular weight excluding hydrogens is 609 g/mol. The number of aromatic nitrogens is 2. The molecule has 8 nitrogen and oxygen atoms in total. The summed E-state index contributed by atoms with van der Waals surface area (Å²) in [4.78, 5) is 45.6. The number of hydrogen-bond acceptors (Lipinski definition) is 5. The van der Waals surface area contributed by atoms with E-state index in [0.717, 1.165) is 22.3 Å². The van der Waals surface area contributed by atoms with Gasteiger partial charge >= 0.3 is 11.7 Å². The highest BCUT2D eigenvalue weighted by Gasteiger charge is 2.38. The van der Waals surface area contributed by atoms with E-state index < -0.39 is 48.2 Å². The number of aliphatic carboxylic acids is 1. The molecule has 1 aliphatic rings. The highest BCUT2D eigenvalue weighted by molar-refractivity contribution is 5.82. The second-order valence-corrected chi connectivity index (χ2v) is 13.6. The number of rotatable bonds is 13. The predicted octanol–water partition coefficient (Wildman–Crippen LogP) is 6.59. The lowest BCUT2D eigenvalue weighted by Gasteiger charge is -2.42. The number of carbonyl (C=O) groups excluding carboxylic acids is 1. The summed E-state index contributed by atoms with van der Waals surface area (Å²) in [5.74, 6) is -1.88. The maximum absolute atomic E-state index is 14.4. The van der Waals surface area contributed by atoms with Gasteiger partial charge in [-0.2, -0.15) is 4.98 Å². The summed E-state index contributed by atoms with van der Waals surface area (Å²) in [5, 5.41) is 12.7. The molecule has 1 aromatic heterocycles. The minimum absolute atomic E-state index is 0.0387. The number of carbonyl (C=O) groups is 2. The lowest BCUT2D eigenvalue weighted by molar-refractivity contribution is -0.138. The van der Waals surface area contributed by atoms with Gasteiger partial charge < -0.3 is 10.4 Å². The number of nitrogens with one attached hydrogen (secondary N) is 1. The fourth-order valence-electron chi connectivity index (χ4n) is 6.62. The number of benzene rings is 2. The van der Waals surface area contributed by atoms with Crippen LogP contribution in [0.5, 0.6) is 0 Å². The van der Waals surface area contributed by atoms with Gasteiger partial charge in [0.25, 0.3) is 6.43 Å². The predicted molar refractivity (Wildman–Crippen MR) is 176 cm³/mol. The Hall–Kier alpha value is -3.99. The van der Waals surface area contributed by atoms with Crippen molar-refractivity contribution < 1.29 is 27.9 Å². The van der Waals surface area contributed by atoms with Crippen LogP contribution in [0.3, 0.4) is 0 Å². The van der Waals surface area contributed by atoms with Crippen molar-refractivity contribution in [3.05, 3.63) is 86.1 Å². The molecule has 0 saturated carbocycles. The maximum Gasteiger partial charge on any atom is 0.348 e. The molecule has 4 rings (SSSR count). The number of alkyl halides is 3. The van der Waals surface area contributed by atoms with Crippen molar-refractivity contribution in [3.63, 3.8) is 0 Å². The van der Waals surface area contributed by atoms with Gasteiger partial charge in [0.2, 0.25) is 5.91 Å². The third-order valence-electron chi connectivity index (χ3n) is 8.94. The SMILES string of the molecule is Cc1cccc(C)c1-c1cc(C(F)F)c(C)c(C(CC(=O)O)NC(=O)C(CC(C)C)n2cc(CCN3CC(C)(F)C3)c(C)nc2=O)c1. The average Bonchev–Trinajstić information content (AvgIpc) is 2.94. The average molecular weight is 655 g/mol. The van der Waals surface area contributed by atoms with Gasteiger partial charge in [-0.05, 0) is 104 Å². The van der Waals surface area contributed by atoms with Crippen LogP contribution in [0.15, 0.2) is 41.3 Å². The molecule has 2 unspecified atom stereocenters. The molecule has 2 heterocycles. The van der Waals surface area contributed by atoms with E-state index >= 15 is 0 Å². The first-order valence-corrected chi connectivity index (χ1v) is 16.0. The van der Waals surface area contributed by atoms with Gasteiger partial charge in [0.15, 0.2) is 0 Å². The van der Waals surface area contributed by atoms with Crippen LogP contribution in [0.25, 0.3) is 11.1 Å². The summed E-state index contributed by atoms with van der Waals surface area (Å²) in [6, 6.07) is 6.52. The minimum atomic E-state index is -2.83. The number of halogens is 3. The fraction of sp³-hybridized carbons (Fsp3) is 0.500. The fourth-order valence-corrected chi connectivity index (χ4v) is 6.62. The summed E-state index contributed by atoms with van der Waals surface area (Å²) in [6.07, 6.45) is -1.05. The molecule has 254 valence electrons. The number of amides is 1. The zero-order valence-corrected chi connectivity index (χ0v) is 28.2. The quantitative estimate of drug-likeness (QED) is 0.216. The number of hydrogen-bond donors (Lipinski definition) is 2. The summed E-state index contributed by atoms with van der Waals surface area (Å²) in [7, 11) is 0. The van der Waals surface area contributed by atoms with Gasteiger partial charge in [-0.25, -0.2) is 18.0 Å². The summed E-state index contributed by atoms with van der Waals surface area (Å²) < 4.78 is 44.1. The Morgan fingerprint density at radius 2 is 1.68 bits per heavy atom. The van der Waals surface area contributed by atoms with Crippen LogP contribution in [0.2, 0.25) is 0 Å². The van der Waals surface area contributed by atoms with Crippen molar-refractivity contribution in [2.24, 2.45) is 5.92 Å². The Bertz CT molecular complexity index is 1670. The molecular formula is C36H45F3N4O4. The number of carboxylic acids is 1. The van der Waals surface area contributed by atoms with E-state index in [-0.39, 0.29) is 29.0 Å². The zero-order valence-electron chi connectivity index (χ0n) is 28.2. The topological polar surface area (TPSA) is 105 Å². The molecule has 11 heteroatoms. The molecule has 0 radical (unpaired) electrons. The molecule has 47 heavy (non-hydrogen) atoms. The van der Waals surface area contributed by atoms with E-state index in [1.54, 1.807) is 26.1 Å². The third kappa shape index (κ3) is 8.49. The number of likely N-dealkylation sites (tertiary alicyclic amines) is 1. The van der Waals surface area contributed by atoms with Crippen molar-refractivity contribution in [1.82, 2.24) is 19.8 Å². The van der Waals surface area contributed by atoms with Crippen LogP contribution in [0.1, 0.15) is 91.2 Å². The van der Waals surface area contributed by atoms with Crippen LogP contribution in [0, 0.1) is 33.6 Å². The van der Waals surface area contributed by atoms with Gasteiger partial charge in [0.05, 0.1) is 12.5 Å². The van der Waals surface area contributed by atoms with Crippen LogP contribution < -0.4 is 11.0 Å². The monoisotopic (exact) mass is 654 g/mol. The summed E-state index contributed by atoms with van der Waals surface area (Å²) >= 11 is 0. The van der Waals surface area contributed by atoms with E-state index in [9.17, 15) is 32.7 Å². The lowest BCUT2D eigenvalue weighted by atomic mass is 9.87. The molecule has 0 bridgehead atoms. The van der Waals surface area contributed by atoms with Crippen molar-refractivity contribution in [2.45, 2.75) is 91.9 Å². The summed E-state index contributed by atoms with van der Waals surface area (Å²) in [6.45, 7) is 13.5. The molecule has 1 fully saturated rings. The maximum atomic E-state index is 14.4. The second kappa shape index (κ2) is 14.4. The Morgan fingerprint density at radius 1 is 1.06 bits per heavy atom. The van der Waals surface area contributed by atoms with Gasteiger partial charge in [0, 0.05) is 37.1 Å². The largest absolute Gasteiger partial charge is 0.481 e. The molecule has 2 N–H and O–H groups in total. The summed E-state index contributed by atoms with van der Waals surface area (Å²) in [5.41, 5.74) is 2.60. The van der Waals surface area contributed by atoms with Crippen LogP contribution in [0.4, 0.5) is 13.2 Å². The van der Waals surface area contributed by atoms with E-state index in [1.807, 2.05) is 50.8 Å². The Labute approximate surface area is 274 Å². The highest BCUT2D eigenvalue weighted by atomic mass is 19.3. The first kappa shape index (κ1) is 35.9. The number of aryl methyl sites for hydroxylation is 3. The molecule has 2 atom stereocenters. The Kier molecular flexibility index (Phi) is 11.0. The highest BCUT2D eigenvalue weighted by Crippen LogP contribution is 2.37. The molecule has 1 amide bonds. The van der Waals surface area contributed by atoms with Gasteiger partial charge in [-0.1, -0.05) is 32.0 Å². The molecule has 2 aromatic carbocycles. The van der Waals surface area contributed by atoms with Crippen molar-refractivity contribution >= 4 is 11.9 Å². The first-order valence-electron chi connectivity index (χ1n) is 16.0. The molecule has 0 spiro atoms. The smallest absolute Gasteiger partial charge is 0.348 e. The van der Waals surface area contributed by atoms with Gasteiger partial charge in [-0.15, -0.1) is 0 Å². The van der Waals surface area contributed by atoms with Crippen LogP contribution >= 0.6 is 0 Å². The van der Waals surface area contributed by atoms with Crippen LogP contribution in [-0.2, 0) is 16.0 Å². The second-order valence-electron chi connectivity index (χ2n) is 13.6. The normalized spacial score (nSPS) is 15.8. The van der Waals surface area contributed by atoms with Crippen molar-refractivity contribution in [2.75, 3.05) is 19.6 Å². The molecule has 1 saturated heterocycles. The molecule has 0 aliphatic carbocycles. The molecule has 3 aromatic rings. The van der Waals surface area contributed by atoms with Gasteiger partial charge in [-0.3, -0.25) is 19.1 Å². The third-order valence-corrected chi connectivity index (χ3v) is 8.94. The Balaban J connectivity index is 1.74. The lowest BCUT2D eigenvalue weighted by Crippen LogP contribution is -2.57. The Morgan fingerprint density at radius 3 is 2.23 bits per heavy atom. The minimum Gasteiger partial charge on any atom is -0.481 e. The number of carboxylic acid groups (broad SMARTS) is 1. The first-order chi connectivity index (χ1) is 22.0. The molecule has 1 aliphatic heterocycles. The van der Waals surface area contributed by atoms with Gasteiger partial charge in [0.1, 0.15) is 11.7 Å². The van der Waals surface area contributed by atoms with Crippen LogP contribution in [-0.4, -0.2) is 56.7 Å². The van der Waals surface area contributed by atoms with E-state index in [2.05, 4.69) is 10.3 Å². The van der Waals surface area contributed by atoms with E-state index in [1.165, 1.54) is 17.6 Å². The van der Waals surface area contributed by atoms with Crippen molar-refractivity contribution in [3.8, 4) is 11.1 Å². The zero-order chi connectivity index (χ0) is 34.8. The van der Waals surface area contributed by atoms with Crippen molar-refractivity contribution in [1.29, 1.82) is 0 Å².